The summed E-state index contributed by atoms with van der Waals surface area (Å²) in [5, 5.41) is 3.75. The lowest BCUT2D eigenvalue weighted by atomic mass is 10.1. The summed E-state index contributed by atoms with van der Waals surface area (Å²) in [4.78, 5) is 0. The maximum absolute atomic E-state index is 5.07. The molecule has 0 spiro atoms. The van der Waals surface area contributed by atoms with Crippen LogP contribution in [0.2, 0.25) is 0 Å². The minimum absolute atomic E-state index is 0.520. The normalized spacial score (nSPS) is 12.7. The van der Waals surface area contributed by atoms with Gasteiger partial charge >= 0.3 is 0 Å². The zero-order valence-corrected chi connectivity index (χ0v) is 10.2. The topological polar surface area (TPSA) is 21.3 Å². The predicted molar refractivity (Wildman–Crippen MR) is 67.4 cm³/mol. The van der Waals surface area contributed by atoms with Crippen molar-refractivity contribution in [3.8, 4) is 0 Å². The zero-order valence-electron chi connectivity index (χ0n) is 9.40. The largest absolute Gasteiger partial charge is 0.384 e. The third-order valence-corrected chi connectivity index (χ3v) is 3.41. The van der Waals surface area contributed by atoms with E-state index in [0.29, 0.717) is 5.25 Å². The fourth-order valence-corrected chi connectivity index (χ4v) is 2.58. The zero-order chi connectivity index (χ0) is 10.9. The molecule has 1 aromatic carbocycles. The second-order valence-corrected chi connectivity index (χ2v) is 4.63. The Labute approximate surface area is 96.4 Å². The van der Waals surface area contributed by atoms with Crippen LogP contribution in [0.3, 0.4) is 0 Å². The molecule has 15 heavy (non-hydrogen) atoms. The number of thioether (sulfide) groups is 1. The van der Waals surface area contributed by atoms with Crippen LogP contribution in [0, 0.1) is 0 Å². The van der Waals surface area contributed by atoms with Gasteiger partial charge in [-0.25, -0.2) is 0 Å². The molecule has 0 heterocycles. The van der Waals surface area contributed by atoms with Crippen molar-refractivity contribution in [1.29, 1.82) is 0 Å². The van der Waals surface area contributed by atoms with Gasteiger partial charge in [-0.15, -0.1) is 0 Å². The Morgan fingerprint density at radius 2 is 2.07 bits per heavy atom. The Kier molecular flexibility index (Phi) is 6.48. The third kappa shape index (κ3) is 4.69. The summed E-state index contributed by atoms with van der Waals surface area (Å²) in [6, 6.07) is 10.6. The van der Waals surface area contributed by atoms with Crippen LogP contribution in [0.25, 0.3) is 0 Å². The van der Waals surface area contributed by atoms with Gasteiger partial charge in [0.25, 0.3) is 0 Å². The number of hydrogen-bond acceptors (Lipinski definition) is 3. The average Bonchev–Trinajstić information content (AvgIpc) is 2.29. The van der Waals surface area contributed by atoms with E-state index in [1.54, 1.807) is 7.11 Å². The Bertz CT molecular complexity index is 253. The Morgan fingerprint density at radius 3 is 2.67 bits per heavy atom. The van der Waals surface area contributed by atoms with Crippen molar-refractivity contribution in [2.75, 3.05) is 33.1 Å². The summed E-state index contributed by atoms with van der Waals surface area (Å²) in [7, 11) is 3.74. The van der Waals surface area contributed by atoms with Crippen LogP contribution >= 0.6 is 11.8 Å². The van der Waals surface area contributed by atoms with Gasteiger partial charge in [-0.2, -0.15) is 11.8 Å². The first-order valence-electron chi connectivity index (χ1n) is 5.18. The Balaban J connectivity index is 2.50. The molecule has 2 nitrogen and oxygen atoms in total. The van der Waals surface area contributed by atoms with Crippen LogP contribution in [-0.2, 0) is 4.74 Å². The van der Waals surface area contributed by atoms with E-state index in [1.807, 2.05) is 18.8 Å². The fourth-order valence-electron chi connectivity index (χ4n) is 1.40. The lowest BCUT2D eigenvalue weighted by molar-refractivity contribution is 0.218. The van der Waals surface area contributed by atoms with E-state index in [9.17, 15) is 0 Å². The quantitative estimate of drug-likeness (QED) is 0.720. The van der Waals surface area contributed by atoms with Crippen molar-refractivity contribution in [3.05, 3.63) is 35.9 Å². The molecule has 1 aromatic rings. The maximum Gasteiger partial charge on any atom is 0.0553 e. The number of methoxy groups -OCH3 is 1. The molecule has 0 aliphatic rings. The van der Waals surface area contributed by atoms with Gasteiger partial charge in [0.05, 0.1) is 6.61 Å². The number of ether oxygens (including phenoxy) is 1. The van der Waals surface area contributed by atoms with Gasteiger partial charge in [-0.1, -0.05) is 30.3 Å². The lowest BCUT2D eigenvalue weighted by Crippen LogP contribution is -2.15. The maximum atomic E-state index is 5.07. The highest BCUT2D eigenvalue weighted by atomic mass is 32.2. The van der Waals surface area contributed by atoms with E-state index in [2.05, 4.69) is 35.6 Å². The molecule has 1 rings (SSSR count). The van der Waals surface area contributed by atoms with Gasteiger partial charge in [0.1, 0.15) is 0 Å². The Morgan fingerprint density at radius 1 is 1.33 bits per heavy atom. The van der Waals surface area contributed by atoms with Crippen LogP contribution in [0.5, 0.6) is 0 Å². The summed E-state index contributed by atoms with van der Waals surface area (Å²) in [6.07, 6.45) is 0. The van der Waals surface area contributed by atoms with Crippen molar-refractivity contribution in [2.45, 2.75) is 5.25 Å². The van der Waals surface area contributed by atoms with Crippen molar-refractivity contribution < 1.29 is 4.74 Å². The lowest BCUT2D eigenvalue weighted by Gasteiger charge is -2.16. The molecule has 0 radical (unpaired) electrons. The molecule has 84 valence electrons. The minimum Gasteiger partial charge on any atom is -0.384 e. The molecule has 0 aromatic heterocycles. The second-order valence-electron chi connectivity index (χ2n) is 3.32. The van der Waals surface area contributed by atoms with Crippen LogP contribution in [0.4, 0.5) is 0 Å². The summed E-state index contributed by atoms with van der Waals surface area (Å²) in [5.41, 5.74) is 1.38. The molecule has 0 amide bonds. The highest BCUT2D eigenvalue weighted by Gasteiger charge is 2.09. The van der Waals surface area contributed by atoms with Gasteiger partial charge in [0.2, 0.25) is 0 Å². The number of likely N-dealkylation sites (N-methyl/N-ethyl adjacent to an activating group) is 1. The van der Waals surface area contributed by atoms with Gasteiger partial charge < -0.3 is 10.1 Å². The van der Waals surface area contributed by atoms with Gasteiger partial charge in [0.15, 0.2) is 0 Å². The summed E-state index contributed by atoms with van der Waals surface area (Å²) >= 11 is 1.94. The van der Waals surface area contributed by atoms with Gasteiger partial charge in [-0.05, 0) is 12.6 Å². The van der Waals surface area contributed by atoms with Gasteiger partial charge in [0, 0.05) is 24.7 Å². The van der Waals surface area contributed by atoms with Crippen LogP contribution in [-0.4, -0.2) is 33.1 Å². The van der Waals surface area contributed by atoms with Crippen molar-refractivity contribution >= 4 is 11.8 Å². The number of rotatable bonds is 7. The molecular formula is C12H19NOS. The molecule has 0 bridgehead atoms. The molecule has 0 fully saturated rings. The fraction of sp³-hybridized carbons (Fsp3) is 0.500. The van der Waals surface area contributed by atoms with E-state index in [0.717, 1.165) is 18.9 Å². The smallest absolute Gasteiger partial charge is 0.0553 e. The SMILES string of the molecule is CNCC(SCCOC)c1ccccc1. The predicted octanol–water partition coefficient (Wildman–Crippen LogP) is 2.33. The van der Waals surface area contributed by atoms with Crippen LogP contribution in [0.1, 0.15) is 10.8 Å². The molecule has 0 aliphatic carbocycles. The van der Waals surface area contributed by atoms with E-state index >= 15 is 0 Å². The van der Waals surface area contributed by atoms with E-state index in [4.69, 9.17) is 4.74 Å². The van der Waals surface area contributed by atoms with E-state index < -0.39 is 0 Å². The summed E-state index contributed by atoms with van der Waals surface area (Å²) < 4.78 is 5.07. The van der Waals surface area contributed by atoms with E-state index in [1.165, 1.54) is 5.56 Å². The molecule has 1 atom stereocenters. The first-order chi connectivity index (χ1) is 7.38. The highest BCUT2D eigenvalue weighted by molar-refractivity contribution is 7.99. The van der Waals surface area contributed by atoms with Crippen molar-refractivity contribution in [1.82, 2.24) is 5.32 Å². The molecule has 1 unspecified atom stereocenters. The Hall–Kier alpha value is -0.510. The van der Waals surface area contributed by atoms with Crippen LogP contribution < -0.4 is 5.32 Å². The first kappa shape index (κ1) is 12.6. The molecule has 3 heteroatoms. The summed E-state index contributed by atoms with van der Waals surface area (Å²) in [5.74, 6) is 1.04. The van der Waals surface area contributed by atoms with E-state index in [-0.39, 0.29) is 0 Å². The first-order valence-corrected chi connectivity index (χ1v) is 6.23. The average molecular weight is 225 g/mol. The minimum atomic E-state index is 0.520. The second kappa shape index (κ2) is 7.74. The monoisotopic (exact) mass is 225 g/mol. The number of benzene rings is 1. The van der Waals surface area contributed by atoms with Crippen molar-refractivity contribution in [2.24, 2.45) is 0 Å². The molecule has 0 aliphatic heterocycles. The molecule has 1 N–H and O–H groups in total. The van der Waals surface area contributed by atoms with Crippen LogP contribution in [0.15, 0.2) is 30.3 Å². The molecule has 0 saturated heterocycles. The molecule has 0 saturated carbocycles. The standard InChI is InChI=1S/C12H19NOS/c1-13-10-12(15-9-8-14-2)11-6-4-3-5-7-11/h3-7,12-13H,8-10H2,1-2H3. The highest BCUT2D eigenvalue weighted by Crippen LogP contribution is 2.27. The third-order valence-electron chi connectivity index (χ3n) is 2.17. The van der Waals surface area contributed by atoms with Crippen molar-refractivity contribution in [3.63, 3.8) is 0 Å². The number of hydrogen-bond donors (Lipinski definition) is 1. The van der Waals surface area contributed by atoms with Gasteiger partial charge in [-0.3, -0.25) is 0 Å². The summed E-state index contributed by atoms with van der Waals surface area (Å²) in [6.45, 7) is 1.82. The number of nitrogens with one attached hydrogen (secondary N) is 1. The molecular weight excluding hydrogens is 206 g/mol.